The molecule has 7 heteroatoms. The van der Waals surface area contributed by atoms with Crippen molar-refractivity contribution in [2.75, 3.05) is 19.6 Å². The second-order valence-electron chi connectivity index (χ2n) is 5.23. The molecular weight excluding hydrogens is 292 g/mol. The van der Waals surface area contributed by atoms with Gasteiger partial charge in [0.05, 0.1) is 0 Å². The maximum Gasteiger partial charge on any atom is 0.318 e. The molecule has 22 heavy (non-hydrogen) atoms. The van der Waals surface area contributed by atoms with Gasteiger partial charge in [0, 0.05) is 19.6 Å². The number of halogens is 2. The highest BCUT2D eigenvalue weighted by Gasteiger charge is 2.27. The summed E-state index contributed by atoms with van der Waals surface area (Å²) in [7, 11) is 0. The summed E-state index contributed by atoms with van der Waals surface area (Å²) >= 11 is 0. The van der Waals surface area contributed by atoms with Crippen molar-refractivity contribution in [3.63, 3.8) is 0 Å². The molecule has 1 saturated heterocycles. The Labute approximate surface area is 127 Å². The van der Waals surface area contributed by atoms with Crippen LogP contribution in [-0.2, 0) is 11.2 Å². The normalized spacial score (nSPS) is 18.6. The van der Waals surface area contributed by atoms with Gasteiger partial charge in [-0.15, -0.1) is 0 Å². The van der Waals surface area contributed by atoms with Crippen LogP contribution in [0.2, 0.25) is 0 Å². The smallest absolute Gasteiger partial charge is 0.318 e. The zero-order chi connectivity index (χ0) is 16.1. The number of carbonyl (C=O) groups excluding carboxylic acids is 2. The zero-order valence-electron chi connectivity index (χ0n) is 12.4. The molecule has 1 aromatic carbocycles. The first kappa shape index (κ1) is 16.2. The number of benzene rings is 1. The number of amides is 3. The first-order valence-corrected chi connectivity index (χ1v) is 7.25. The fourth-order valence-electron chi connectivity index (χ4n) is 2.36. The SMILES string of the molecule is CC1C(=O)NCCCN1C(=O)NCCc1cc(F)ccc1F. The molecular formula is C15H19F2N3O2. The molecule has 1 atom stereocenters. The van der Waals surface area contributed by atoms with Gasteiger partial charge in [-0.1, -0.05) is 0 Å². The maximum absolute atomic E-state index is 13.5. The summed E-state index contributed by atoms with van der Waals surface area (Å²) in [5.41, 5.74) is 0.210. The molecule has 0 aromatic heterocycles. The highest BCUT2D eigenvalue weighted by molar-refractivity contribution is 5.87. The van der Waals surface area contributed by atoms with Crippen LogP contribution in [-0.4, -0.2) is 42.5 Å². The molecule has 1 heterocycles. The lowest BCUT2D eigenvalue weighted by Crippen LogP contribution is -2.49. The van der Waals surface area contributed by atoms with Gasteiger partial charge >= 0.3 is 6.03 Å². The molecule has 1 aliphatic heterocycles. The van der Waals surface area contributed by atoms with Gasteiger partial charge in [0.25, 0.3) is 0 Å². The number of hydrogen-bond donors (Lipinski definition) is 2. The van der Waals surface area contributed by atoms with Crippen molar-refractivity contribution in [3.05, 3.63) is 35.4 Å². The molecule has 1 aromatic rings. The molecule has 2 rings (SSSR count). The van der Waals surface area contributed by atoms with E-state index in [9.17, 15) is 18.4 Å². The Morgan fingerprint density at radius 2 is 2.23 bits per heavy atom. The lowest BCUT2D eigenvalue weighted by Gasteiger charge is -2.25. The summed E-state index contributed by atoms with van der Waals surface area (Å²) in [6.45, 7) is 2.85. The second kappa shape index (κ2) is 7.20. The van der Waals surface area contributed by atoms with Crippen molar-refractivity contribution in [2.24, 2.45) is 0 Å². The average molecular weight is 311 g/mol. The van der Waals surface area contributed by atoms with E-state index in [4.69, 9.17) is 0 Å². The van der Waals surface area contributed by atoms with Crippen LogP contribution < -0.4 is 10.6 Å². The standard InChI is InChI=1S/C15H19F2N3O2/c1-10-14(21)18-6-2-8-20(10)15(22)19-7-5-11-9-12(16)3-4-13(11)17/h3-4,9-10H,2,5-8H2,1H3,(H,18,21)(H,19,22). The van der Waals surface area contributed by atoms with Crippen LogP contribution >= 0.6 is 0 Å². The van der Waals surface area contributed by atoms with E-state index in [1.807, 2.05) is 0 Å². The Kier molecular flexibility index (Phi) is 5.30. The minimum atomic E-state index is -0.548. The van der Waals surface area contributed by atoms with Crippen molar-refractivity contribution in [3.8, 4) is 0 Å². The minimum Gasteiger partial charge on any atom is -0.354 e. The fourth-order valence-corrected chi connectivity index (χ4v) is 2.36. The van der Waals surface area contributed by atoms with Gasteiger partial charge in [-0.2, -0.15) is 0 Å². The number of rotatable bonds is 3. The van der Waals surface area contributed by atoms with Crippen LogP contribution in [0.25, 0.3) is 0 Å². The minimum absolute atomic E-state index is 0.171. The van der Waals surface area contributed by atoms with Crippen LogP contribution in [0.5, 0.6) is 0 Å². The van der Waals surface area contributed by atoms with E-state index in [1.165, 1.54) is 4.90 Å². The Balaban J connectivity index is 1.89. The number of nitrogens with one attached hydrogen (secondary N) is 2. The van der Waals surface area contributed by atoms with E-state index in [1.54, 1.807) is 6.92 Å². The van der Waals surface area contributed by atoms with Crippen molar-refractivity contribution in [1.29, 1.82) is 0 Å². The maximum atomic E-state index is 13.5. The van der Waals surface area contributed by atoms with E-state index < -0.39 is 17.7 Å². The number of carbonyl (C=O) groups is 2. The third kappa shape index (κ3) is 3.93. The number of urea groups is 1. The molecule has 0 spiro atoms. The number of hydrogen-bond acceptors (Lipinski definition) is 2. The summed E-state index contributed by atoms with van der Waals surface area (Å²) < 4.78 is 26.5. The van der Waals surface area contributed by atoms with Gasteiger partial charge in [-0.05, 0) is 43.5 Å². The molecule has 120 valence electrons. The summed E-state index contributed by atoms with van der Waals surface area (Å²) in [4.78, 5) is 25.2. The van der Waals surface area contributed by atoms with Crippen LogP contribution in [0.1, 0.15) is 18.9 Å². The first-order valence-electron chi connectivity index (χ1n) is 7.25. The molecule has 2 N–H and O–H groups in total. The Hall–Kier alpha value is -2.18. The van der Waals surface area contributed by atoms with Gasteiger partial charge in [-0.25, -0.2) is 13.6 Å². The van der Waals surface area contributed by atoms with Crippen LogP contribution in [0.4, 0.5) is 13.6 Å². The zero-order valence-corrected chi connectivity index (χ0v) is 12.4. The highest BCUT2D eigenvalue weighted by Crippen LogP contribution is 2.10. The molecule has 1 unspecified atom stereocenters. The average Bonchev–Trinajstić information content (AvgIpc) is 2.65. The third-order valence-electron chi connectivity index (χ3n) is 3.66. The largest absolute Gasteiger partial charge is 0.354 e. The van der Waals surface area contributed by atoms with E-state index in [2.05, 4.69) is 10.6 Å². The van der Waals surface area contributed by atoms with Gasteiger partial charge in [-0.3, -0.25) is 4.79 Å². The highest BCUT2D eigenvalue weighted by atomic mass is 19.1. The summed E-state index contributed by atoms with van der Waals surface area (Å²) in [5.74, 6) is -1.21. The van der Waals surface area contributed by atoms with Crippen LogP contribution in [0, 0.1) is 11.6 Å². The molecule has 0 radical (unpaired) electrons. The monoisotopic (exact) mass is 311 g/mol. The van der Waals surface area contributed by atoms with E-state index in [0.29, 0.717) is 19.5 Å². The van der Waals surface area contributed by atoms with Gasteiger partial charge < -0.3 is 15.5 Å². The molecule has 1 aliphatic rings. The topological polar surface area (TPSA) is 61.4 Å². The quantitative estimate of drug-likeness (QED) is 0.887. The van der Waals surface area contributed by atoms with Crippen molar-refractivity contribution in [2.45, 2.75) is 25.8 Å². The van der Waals surface area contributed by atoms with Crippen molar-refractivity contribution < 1.29 is 18.4 Å². The van der Waals surface area contributed by atoms with Crippen LogP contribution in [0.15, 0.2) is 18.2 Å². The van der Waals surface area contributed by atoms with Gasteiger partial charge in [0.1, 0.15) is 17.7 Å². The summed E-state index contributed by atoms with van der Waals surface area (Å²) in [6.07, 6.45) is 0.867. The molecule has 3 amide bonds. The predicted molar refractivity (Wildman–Crippen MR) is 77.3 cm³/mol. The molecule has 0 bridgehead atoms. The predicted octanol–water partition coefficient (Wildman–Crippen LogP) is 1.43. The molecule has 1 fully saturated rings. The molecule has 0 saturated carbocycles. The lowest BCUT2D eigenvalue weighted by atomic mass is 10.1. The van der Waals surface area contributed by atoms with Crippen molar-refractivity contribution >= 4 is 11.9 Å². The number of nitrogens with zero attached hydrogens (tertiary/aromatic N) is 1. The Bertz CT molecular complexity index is 566. The summed E-state index contributed by atoms with van der Waals surface area (Å²) in [6, 6.07) is 2.31. The van der Waals surface area contributed by atoms with Crippen molar-refractivity contribution in [1.82, 2.24) is 15.5 Å². The Morgan fingerprint density at radius 1 is 1.45 bits per heavy atom. The van der Waals surface area contributed by atoms with Gasteiger partial charge in [0.15, 0.2) is 0 Å². The first-order chi connectivity index (χ1) is 10.5. The fraction of sp³-hybridized carbons (Fsp3) is 0.467. The summed E-state index contributed by atoms with van der Waals surface area (Å²) in [5, 5.41) is 5.37. The molecule has 0 aliphatic carbocycles. The third-order valence-corrected chi connectivity index (χ3v) is 3.66. The van der Waals surface area contributed by atoms with Gasteiger partial charge in [0.2, 0.25) is 5.91 Å². The second-order valence-corrected chi connectivity index (χ2v) is 5.23. The lowest BCUT2D eigenvalue weighted by molar-refractivity contribution is -0.124. The van der Waals surface area contributed by atoms with Crippen LogP contribution in [0.3, 0.4) is 0 Å². The Morgan fingerprint density at radius 3 is 3.00 bits per heavy atom. The van der Waals surface area contributed by atoms with E-state index >= 15 is 0 Å². The molecule has 5 nitrogen and oxygen atoms in total. The van der Waals surface area contributed by atoms with E-state index in [-0.39, 0.29) is 30.5 Å². The van der Waals surface area contributed by atoms with E-state index in [0.717, 1.165) is 18.2 Å².